The van der Waals surface area contributed by atoms with Crippen LogP contribution in [0.1, 0.15) is 27.2 Å². The third kappa shape index (κ3) is 45.5. The standard InChI is InChI=1S/C6H14BO.C4H10BS2.C3H8B/c1-3-5-8-6-4-7-2;1-3-6-7-4-5-2;1-3-4-2/h3-6H2,1-2H3;3-4H2,1-2H3;3H2,1-2H3. The Labute approximate surface area is 133 Å². The molecule has 0 aromatic heterocycles. The number of hydrogen-bond acceptors (Lipinski definition) is 3. The average Bonchev–Trinajstić information content (AvgIpc) is 2.45. The first kappa shape index (κ1) is 24.8. The maximum absolute atomic E-state index is 5.19. The topological polar surface area (TPSA) is 9.23 Å². The molecule has 0 aliphatic carbocycles. The van der Waals surface area contributed by atoms with Crippen molar-refractivity contribution in [2.24, 2.45) is 0 Å². The molecular formula is C13H32B3OS2. The van der Waals surface area contributed by atoms with Crippen LogP contribution in [0.3, 0.4) is 0 Å². The van der Waals surface area contributed by atoms with Crippen LogP contribution in [0, 0.1) is 0 Å². The highest BCUT2D eigenvalue weighted by Crippen LogP contribution is 2.18. The zero-order valence-electron chi connectivity index (χ0n) is 13.9. The van der Waals surface area contributed by atoms with Crippen molar-refractivity contribution < 1.29 is 4.74 Å². The van der Waals surface area contributed by atoms with E-state index in [2.05, 4.69) is 63.1 Å². The van der Waals surface area contributed by atoms with Crippen LogP contribution in [0.2, 0.25) is 33.1 Å². The number of hydrogen-bond donors (Lipinski definition) is 0. The van der Waals surface area contributed by atoms with E-state index in [-0.39, 0.29) is 0 Å². The zero-order chi connectivity index (χ0) is 15.2. The fourth-order valence-electron chi connectivity index (χ4n) is 0.647. The van der Waals surface area contributed by atoms with Gasteiger partial charge in [-0.2, -0.15) is 0 Å². The molecule has 111 valence electrons. The molecule has 0 unspecified atom stereocenters. The highest BCUT2D eigenvalue weighted by atomic mass is 33.1. The first-order chi connectivity index (χ1) is 9.24. The van der Waals surface area contributed by atoms with Gasteiger partial charge in [0.15, 0.2) is 0 Å². The Bertz CT molecular complexity index is 110. The molecule has 3 radical (unpaired) electrons. The van der Waals surface area contributed by atoms with E-state index in [1.165, 1.54) is 17.7 Å². The minimum atomic E-state index is 0.893. The molecular weight excluding hydrogens is 269 g/mol. The van der Waals surface area contributed by atoms with Gasteiger partial charge in [-0.25, -0.2) is 0 Å². The molecule has 0 aromatic rings. The molecule has 1 nitrogen and oxygen atoms in total. The van der Waals surface area contributed by atoms with Crippen LogP contribution < -0.4 is 0 Å². The van der Waals surface area contributed by atoms with Gasteiger partial charge in [-0.05, 0) is 12.1 Å². The third-order valence-electron chi connectivity index (χ3n) is 1.74. The van der Waals surface area contributed by atoms with Crippen LogP contribution in [0.25, 0.3) is 0 Å². The normalized spacial score (nSPS) is 8.53. The molecule has 0 aliphatic rings. The van der Waals surface area contributed by atoms with Gasteiger partial charge < -0.3 is 4.74 Å². The predicted molar refractivity (Wildman–Crippen MR) is 102 cm³/mol. The summed E-state index contributed by atoms with van der Waals surface area (Å²) in [6.07, 6.45) is 3.41. The summed E-state index contributed by atoms with van der Waals surface area (Å²) in [7, 11) is 10.3. The van der Waals surface area contributed by atoms with Crippen molar-refractivity contribution >= 4 is 43.4 Å². The summed E-state index contributed by atoms with van der Waals surface area (Å²) >= 11 is 0. The second kappa shape index (κ2) is 31.3. The molecule has 0 fully saturated rings. The van der Waals surface area contributed by atoms with Crippen LogP contribution >= 0.6 is 21.6 Å². The van der Waals surface area contributed by atoms with E-state index < -0.39 is 0 Å². The summed E-state index contributed by atoms with van der Waals surface area (Å²) in [6.45, 7) is 14.4. The highest BCUT2D eigenvalue weighted by Gasteiger charge is 1.83. The lowest BCUT2D eigenvalue weighted by molar-refractivity contribution is 0.148. The second-order valence-electron chi connectivity index (χ2n) is 3.73. The van der Waals surface area contributed by atoms with Gasteiger partial charge in [0.1, 0.15) is 21.8 Å². The molecule has 0 aliphatic heterocycles. The lowest BCUT2D eigenvalue weighted by atomic mass is 9.79. The third-order valence-corrected chi connectivity index (χ3v) is 4.23. The van der Waals surface area contributed by atoms with Crippen molar-refractivity contribution in [3.8, 4) is 0 Å². The zero-order valence-corrected chi connectivity index (χ0v) is 15.5. The van der Waals surface area contributed by atoms with Gasteiger partial charge in [-0.3, -0.25) is 0 Å². The average molecular weight is 301 g/mol. The van der Waals surface area contributed by atoms with E-state index in [0.717, 1.165) is 26.0 Å². The van der Waals surface area contributed by atoms with Crippen molar-refractivity contribution in [2.45, 2.75) is 60.3 Å². The smallest absolute Gasteiger partial charge is 0.120 e. The highest BCUT2D eigenvalue weighted by molar-refractivity contribution is 8.77. The van der Waals surface area contributed by atoms with Gasteiger partial charge in [0, 0.05) is 19.0 Å². The van der Waals surface area contributed by atoms with Crippen LogP contribution in [-0.4, -0.2) is 46.5 Å². The van der Waals surface area contributed by atoms with Crippen molar-refractivity contribution in [1.82, 2.24) is 0 Å². The predicted octanol–water partition coefficient (Wildman–Crippen LogP) is 4.86. The van der Waals surface area contributed by atoms with Crippen molar-refractivity contribution in [1.29, 1.82) is 0 Å². The molecule has 0 heterocycles. The Morgan fingerprint density at radius 1 is 0.842 bits per heavy atom. The Kier molecular flexibility index (Phi) is 40.9. The molecule has 0 atom stereocenters. The molecule has 0 saturated heterocycles. The monoisotopic (exact) mass is 301 g/mol. The van der Waals surface area contributed by atoms with Crippen molar-refractivity contribution in [3.63, 3.8) is 0 Å². The van der Waals surface area contributed by atoms with E-state index >= 15 is 0 Å². The summed E-state index contributed by atoms with van der Waals surface area (Å²) in [5.74, 6) is 1.22. The largest absolute Gasteiger partial charge is 0.382 e. The van der Waals surface area contributed by atoms with Gasteiger partial charge in [-0.15, -0.1) is 10.8 Å². The van der Waals surface area contributed by atoms with E-state index in [1.54, 1.807) is 0 Å². The van der Waals surface area contributed by atoms with E-state index in [4.69, 9.17) is 4.74 Å². The minimum absolute atomic E-state index is 0.893. The lowest BCUT2D eigenvalue weighted by Gasteiger charge is -1.97. The van der Waals surface area contributed by atoms with Crippen molar-refractivity contribution in [3.05, 3.63) is 0 Å². The van der Waals surface area contributed by atoms with Gasteiger partial charge >= 0.3 is 0 Å². The number of rotatable bonds is 10. The van der Waals surface area contributed by atoms with Crippen LogP contribution in [0.5, 0.6) is 0 Å². The Hall–Kier alpha value is 0.855. The van der Waals surface area contributed by atoms with Crippen LogP contribution in [0.15, 0.2) is 0 Å². The number of ether oxygens (including phenoxy) is 1. The summed E-state index contributed by atoms with van der Waals surface area (Å²) < 4.78 is 5.19. The first-order valence-corrected chi connectivity index (χ1v) is 9.89. The van der Waals surface area contributed by atoms with Gasteiger partial charge in [0.05, 0.1) is 0 Å². The maximum atomic E-state index is 5.19. The molecule has 0 aromatic carbocycles. The van der Waals surface area contributed by atoms with Crippen LogP contribution in [0.4, 0.5) is 0 Å². The fourth-order valence-corrected chi connectivity index (χ4v) is 2.24. The summed E-state index contributed by atoms with van der Waals surface area (Å²) in [5, 5.41) is 0. The Balaban J connectivity index is -0.000000214. The molecule has 0 saturated carbocycles. The van der Waals surface area contributed by atoms with Gasteiger partial charge in [0.25, 0.3) is 0 Å². The maximum Gasteiger partial charge on any atom is 0.120 e. The lowest BCUT2D eigenvalue weighted by Crippen LogP contribution is -1.96. The molecule has 0 bridgehead atoms. The molecule has 0 rings (SSSR count). The van der Waals surface area contributed by atoms with Crippen LogP contribution in [-0.2, 0) is 4.74 Å². The Morgan fingerprint density at radius 2 is 1.47 bits per heavy atom. The van der Waals surface area contributed by atoms with E-state index in [9.17, 15) is 0 Å². The SMILES string of the molecule is C[B]CC.C[B]CCOCCC.C[B]CSSCC. The summed E-state index contributed by atoms with van der Waals surface area (Å²) in [4.78, 5) is 0. The molecule has 19 heavy (non-hydrogen) atoms. The van der Waals surface area contributed by atoms with Gasteiger partial charge in [0.2, 0.25) is 0 Å². The Morgan fingerprint density at radius 3 is 1.84 bits per heavy atom. The first-order valence-electron chi connectivity index (χ1n) is 7.40. The van der Waals surface area contributed by atoms with Crippen molar-refractivity contribution in [2.75, 3.05) is 24.6 Å². The van der Waals surface area contributed by atoms with E-state index in [1.807, 2.05) is 21.6 Å². The van der Waals surface area contributed by atoms with Gasteiger partial charge in [-0.1, -0.05) is 64.7 Å². The molecule has 0 N–H and O–H groups in total. The van der Waals surface area contributed by atoms with E-state index in [0.29, 0.717) is 0 Å². The summed E-state index contributed by atoms with van der Waals surface area (Å²) in [5.41, 5.74) is 1.18. The molecule has 0 spiro atoms. The molecule has 6 heteroatoms. The molecule has 0 amide bonds. The summed E-state index contributed by atoms with van der Waals surface area (Å²) in [6, 6.07) is 0. The second-order valence-corrected chi connectivity index (χ2v) is 6.52. The fraction of sp³-hybridized carbons (Fsp3) is 1.00. The quantitative estimate of drug-likeness (QED) is 0.324. The minimum Gasteiger partial charge on any atom is -0.382 e.